The first kappa shape index (κ1) is 12.9. The molecule has 20 heavy (non-hydrogen) atoms. The molecule has 0 saturated carbocycles. The fourth-order valence-electron chi connectivity index (χ4n) is 2.04. The maximum atomic E-state index is 13.3. The molecule has 0 saturated heterocycles. The largest absolute Gasteiger partial charge is 0.383 e. The molecule has 0 aliphatic carbocycles. The van der Waals surface area contributed by atoms with Gasteiger partial charge in [0.1, 0.15) is 10.6 Å². The van der Waals surface area contributed by atoms with E-state index in [9.17, 15) is 8.78 Å². The Morgan fingerprint density at radius 3 is 2.55 bits per heavy atom. The number of aryl methyl sites for hydroxylation is 2. The molecule has 0 aliphatic heterocycles. The van der Waals surface area contributed by atoms with E-state index in [1.807, 2.05) is 13.8 Å². The van der Waals surface area contributed by atoms with Crippen LogP contribution in [0.4, 0.5) is 14.6 Å². The van der Waals surface area contributed by atoms with Gasteiger partial charge in [0.25, 0.3) is 0 Å². The van der Waals surface area contributed by atoms with Crippen LogP contribution in [0.3, 0.4) is 0 Å². The predicted molar refractivity (Wildman–Crippen MR) is 76.7 cm³/mol. The standard InChI is InChI=1S/C14H11F2N3S/c1-6-7(2)20-14-11(6)12(17)18-13(19-14)8-3-4-9(15)10(16)5-8/h3-5H,1-2H3,(H2,17,18,19). The van der Waals surface area contributed by atoms with Gasteiger partial charge in [-0.15, -0.1) is 11.3 Å². The molecule has 0 aliphatic rings. The van der Waals surface area contributed by atoms with Crippen molar-refractivity contribution < 1.29 is 8.78 Å². The summed E-state index contributed by atoms with van der Waals surface area (Å²) in [5.41, 5.74) is 7.42. The zero-order valence-electron chi connectivity index (χ0n) is 10.9. The summed E-state index contributed by atoms with van der Waals surface area (Å²) >= 11 is 1.51. The highest BCUT2D eigenvalue weighted by molar-refractivity contribution is 7.18. The van der Waals surface area contributed by atoms with E-state index in [1.165, 1.54) is 17.4 Å². The predicted octanol–water partition coefficient (Wildman–Crippen LogP) is 3.84. The lowest BCUT2D eigenvalue weighted by Crippen LogP contribution is -1.97. The molecule has 0 spiro atoms. The summed E-state index contributed by atoms with van der Waals surface area (Å²) in [6, 6.07) is 3.56. The number of thiophene rings is 1. The molecular weight excluding hydrogens is 280 g/mol. The minimum atomic E-state index is -0.927. The molecular formula is C14H11F2N3S. The van der Waals surface area contributed by atoms with E-state index in [-0.39, 0.29) is 0 Å². The summed E-state index contributed by atoms with van der Waals surface area (Å²) in [5.74, 6) is -1.17. The maximum Gasteiger partial charge on any atom is 0.163 e. The first-order valence-electron chi connectivity index (χ1n) is 5.96. The molecule has 6 heteroatoms. The lowest BCUT2D eigenvalue weighted by atomic mass is 10.2. The number of nitrogens with two attached hydrogens (primary N) is 1. The number of rotatable bonds is 1. The lowest BCUT2D eigenvalue weighted by molar-refractivity contribution is 0.509. The molecule has 0 unspecified atom stereocenters. The Balaban J connectivity index is 2.24. The van der Waals surface area contributed by atoms with Gasteiger partial charge in [0, 0.05) is 10.4 Å². The zero-order chi connectivity index (χ0) is 14.4. The summed E-state index contributed by atoms with van der Waals surface area (Å²) in [6.45, 7) is 3.95. The van der Waals surface area contributed by atoms with Crippen LogP contribution in [0, 0.1) is 25.5 Å². The highest BCUT2D eigenvalue weighted by atomic mass is 32.1. The average molecular weight is 291 g/mol. The minimum absolute atomic E-state index is 0.301. The first-order valence-corrected chi connectivity index (χ1v) is 6.77. The molecule has 2 heterocycles. The Hall–Kier alpha value is -2.08. The van der Waals surface area contributed by atoms with Crippen molar-refractivity contribution in [2.24, 2.45) is 0 Å². The van der Waals surface area contributed by atoms with E-state index in [4.69, 9.17) is 5.73 Å². The maximum absolute atomic E-state index is 13.3. The minimum Gasteiger partial charge on any atom is -0.383 e. The van der Waals surface area contributed by atoms with E-state index in [0.717, 1.165) is 32.8 Å². The molecule has 0 bridgehead atoms. The van der Waals surface area contributed by atoms with Gasteiger partial charge < -0.3 is 5.73 Å². The molecule has 3 rings (SSSR count). The molecule has 102 valence electrons. The van der Waals surface area contributed by atoms with Crippen molar-refractivity contribution in [3.8, 4) is 11.4 Å². The van der Waals surface area contributed by atoms with Crippen molar-refractivity contribution in [1.82, 2.24) is 9.97 Å². The average Bonchev–Trinajstić information content (AvgIpc) is 2.68. The van der Waals surface area contributed by atoms with Crippen molar-refractivity contribution in [3.63, 3.8) is 0 Å². The fraction of sp³-hybridized carbons (Fsp3) is 0.143. The number of aromatic nitrogens is 2. The van der Waals surface area contributed by atoms with Crippen molar-refractivity contribution in [2.45, 2.75) is 13.8 Å². The number of nitrogen functional groups attached to an aromatic ring is 1. The number of fused-ring (bicyclic) bond motifs is 1. The molecule has 0 atom stereocenters. The van der Waals surface area contributed by atoms with E-state index in [2.05, 4.69) is 9.97 Å². The summed E-state index contributed by atoms with van der Waals surface area (Å²) in [6.07, 6.45) is 0. The number of nitrogens with zero attached hydrogens (tertiary/aromatic N) is 2. The normalized spacial score (nSPS) is 11.2. The third kappa shape index (κ3) is 1.92. The second-order valence-corrected chi connectivity index (χ2v) is 5.73. The van der Waals surface area contributed by atoms with Crippen molar-refractivity contribution in [1.29, 1.82) is 0 Å². The molecule has 1 aromatic carbocycles. The zero-order valence-corrected chi connectivity index (χ0v) is 11.7. The van der Waals surface area contributed by atoms with Gasteiger partial charge in [-0.2, -0.15) is 0 Å². The topological polar surface area (TPSA) is 51.8 Å². The number of benzene rings is 1. The molecule has 2 N–H and O–H groups in total. The van der Waals surface area contributed by atoms with Crippen LogP contribution in [0.25, 0.3) is 21.6 Å². The van der Waals surface area contributed by atoms with E-state index >= 15 is 0 Å². The summed E-state index contributed by atoms with van der Waals surface area (Å²) in [4.78, 5) is 10.5. The van der Waals surface area contributed by atoms with Gasteiger partial charge in [0.05, 0.1) is 5.39 Å². The molecule has 3 aromatic rings. The molecule has 0 amide bonds. The van der Waals surface area contributed by atoms with E-state index < -0.39 is 11.6 Å². The fourth-order valence-corrected chi connectivity index (χ4v) is 3.08. The van der Waals surface area contributed by atoms with Crippen LogP contribution in [0.5, 0.6) is 0 Å². The Morgan fingerprint density at radius 1 is 1.10 bits per heavy atom. The number of anilines is 1. The van der Waals surface area contributed by atoms with Gasteiger partial charge in [-0.05, 0) is 37.6 Å². The third-order valence-corrected chi connectivity index (χ3v) is 4.34. The smallest absolute Gasteiger partial charge is 0.163 e. The van der Waals surface area contributed by atoms with Crippen molar-refractivity contribution in [3.05, 3.63) is 40.3 Å². The van der Waals surface area contributed by atoms with Crippen LogP contribution < -0.4 is 5.73 Å². The third-order valence-electron chi connectivity index (χ3n) is 3.23. The van der Waals surface area contributed by atoms with Gasteiger partial charge in [-0.1, -0.05) is 0 Å². The second-order valence-electron chi connectivity index (χ2n) is 4.52. The summed E-state index contributed by atoms with van der Waals surface area (Å²) in [5, 5.41) is 0.832. The number of halogens is 2. The van der Waals surface area contributed by atoms with Crippen LogP contribution in [-0.2, 0) is 0 Å². The number of hydrogen-bond donors (Lipinski definition) is 1. The van der Waals surface area contributed by atoms with Gasteiger partial charge >= 0.3 is 0 Å². The Kier molecular flexibility index (Phi) is 2.90. The van der Waals surface area contributed by atoms with Crippen LogP contribution in [0.15, 0.2) is 18.2 Å². The van der Waals surface area contributed by atoms with Crippen molar-refractivity contribution >= 4 is 27.4 Å². The molecule has 0 fully saturated rings. The molecule has 0 radical (unpaired) electrons. The Bertz CT molecular complexity index is 827. The van der Waals surface area contributed by atoms with Gasteiger partial charge in [0.2, 0.25) is 0 Å². The highest BCUT2D eigenvalue weighted by Gasteiger charge is 2.14. The van der Waals surface area contributed by atoms with Crippen LogP contribution in [0.1, 0.15) is 10.4 Å². The van der Waals surface area contributed by atoms with Crippen molar-refractivity contribution in [2.75, 3.05) is 5.73 Å². The molecule has 2 aromatic heterocycles. The molecule has 3 nitrogen and oxygen atoms in total. The van der Waals surface area contributed by atoms with E-state index in [0.29, 0.717) is 17.2 Å². The van der Waals surface area contributed by atoms with Gasteiger partial charge in [-0.25, -0.2) is 18.7 Å². The monoisotopic (exact) mass is 291 g/mol. The first-order chi connectivity index (χ1) is 9.47. The highest BCUT2D eigenvalue weighted by Crippen LogP contribution is 2.33. The Morgan fingerprint density at radius 2 is 1.85 bits per heavy atom. The lowest BCUT2D eigenvalue weighted by Gasteiger charge is -2.04. The summed E-state index contributed by atoms with van der Waals surface area (Å²) in [7, 11) is 0. The van der Waals surface area contributed by atoms with Crippen LogP contribution in [0.2, 0.25) is 0 Å². The summed E-state index contributed by atoms with van der Waals surface area (Å²) < 4.78 is 26.3. The number of hydrogen-bond acceptors (Lipinski definition) is 4. The SMILES string of the molecule is Cc1sc2nc(-c3ccc(F)c(F)c3)nc(N)c2c1C. The quantitative estimate of drug-likeness (QED) is 0.741. The van der Waals surface area contributed by atoms with Gasteiger partial charge in [-0.3, -0.25) is 0 Å². The van der Waals surface area contributed by atoms with E-state index in [1.54, 1.807) is 0 Å². The van der Waals surface area contributed by atoms with Gasteiger partial charge in [0.15, 0.2) is 17.5 Å². The van der Waals surface area contributed by atoms with Crippen LogP contribution in [-0.4, -0.2) is 9.97 Å². The Labute approximate surface area is 118 Å². The van der Waals surface area contributed by atoms with Crippen LogP contribution >= 0.6 is 11.3 Å². The second kappa shape index (κ2) is 4.49.